The van der Waals surface area contributed by atoms with Crippen LogP contribution in [0.3, 0.4) is 0 Å². The van der Waals surface area contributed by atoms with Gasteiger partial charge in [0, 0.05) is 25.8 Å². The average Bonchev–Trinajstić information content (AvgIpc) is 3.33. The molecule has 0 spiro atoms. The van der Waals surface area contributed by atoms with E-state index in [9.17, 15) is 9.59 Å². The van der Waals surface area contributed by atoms with Crippen molar-refractivity contribution < 1.29 is 0 Å². The highest BCUT2D eigenvalue weighted by molar-refractivity contribution is 5.78. The van der Waals surface area contributed by atoms with E-state index in [1.165, 1.54) is 20.3 Å². The molecule has 2 aromatic heterocycles. The quantitative estimate of drug-likeness (QED) is 0.501. The van der Waals surface area contributed by atoms with Crippen molar-refractivity contribution in [3.05, 3.63) is 85.1 Å². The third-order valence-electron chi connectivity index (χ3n) is 6.70. The zero-order chi connectivity index (χ0) is 22.7. The van der Waals surface area contributed by atoms with Gasteiger partial charge < -0.3 is 9.47 Å². The van der Waals surface area contributed by atoms with Gasteiger partial charge in [-0.25, -0.2) is 4.79 Å². The molecule has 164 valence electrons. The van der Waals surface area contributed by atoms with Crippen LogP contribution in [0.15, 0.2) is 46.0 Å². The van der Waals surface area contributed by atoms with Crippen molar-refractivity contribution >= 4 is 22.8 Å². The van der Waals surface area contributed by atoms with Crippen LogP contribution in [-0.2, 0) is 20.1 Å². The van der Waals surface area contributed by atoms with Crippen LogP contribution < -0.4 is 16.1 Å². The molecule has 0 amide bonds. The molecular formula is C25H27N5O2. The molecule has 32 heavy (non-hydrogen) atoms. The second-order valence-corrected chi connectivity index (χ2v) is 8.77. The number of nitrogens with zero attached hydrogens (tertiary/aromatic N) is 5. The SMILES string of the molecule is Cc1ccc(C)c(Cn2c(=O)c3c(nc4n3CCN4c3cccc(C)c3C)n(C)c2=O)c1. The second kappa shape index (κ2) is 7.22. The lowest BCUT2D eigenvalue weighted by Gasteiger charge is -2.19. The highest BCUT2D eigenvalue weighted by Crippen LogP contribution is 2.34. The van der Waals surface area contributed by atoms with Gasteiger partial charge in [-0.15, -0.1) is 0 Å². The van der Waals surface area contributed by atoms with Gasteiger partial charge >= 0.3 is 5.69 Å². The number of fused-ring (bicyclic) bond motifs is 3. The molecule has 0 fully saturated rings. The molecule has 7 heteroatoms. The Hall–Kier alpha value is -3.61. The van der Waals surface area contributed by atoms with Crippen LogP contribution in [0.4, 0.5) is 11.6 Å². The molecule has 0 aliphatic carbocycles. The monoisotopic (exact) mass is 429 g/mol. The molecule has 0 radical (unpaired) electrons. The lowest BCUT2D eigenvalue weighted by molar-refractivity contribution is 0.650. The van der Waals surface area contributed by atoms with Gasteiger partial charge in [0.2, 0.25) is 5.95 Å². The number of anilines is 2. The van der Waals surface area contributed by atoms with Gasteiger partial charge in [-0.05, 0) is 56.0 Å². The van der Waals surface area contributed by atoms with Gasteiger partial charge in [-0.3, -0.25) is 13.9 Å². The lowest BCUT2D eigenvalue weighted by Crippen LogP contribution is -2.40. The molecule has 3 heterocycles. The van der Waals surface area contributed by atoms with Crippen molar-refractivity contribution in [3.8, 4) is 0 Å². The molecule has 2 aromatic carbocycles. The zero-order valence-corrected chi connectivity index (χ0v) is 19.1. The minimum atomic E-state index is -0.349. The van der Waals surface area contributed by atoms with Crippen molar-refractivity contribution in [2.24, 2.45) is 7.05 Å². The van der Waals surface area contributed by atoms with E-state index in [1.807, 2.05) is 42.7 Å². The standard InChI is InChI=1S/C25H27N5O2/c1-15-9-10-17(3)19(13-15)14-30-23(31)21-22(27(5)25(30)32)26-24-28(11-12-29(21)24)20-8-6-7-16(2)18(20)4/h6-10,13H,11-12,14H2,1-5H3. The first-order valence-corrected chi connectivity index (χ1v) is 10.9. The smallest absolute Gasteiger partial charge is 0.310 e. The number of benzene rings is 2. The maximum Gasteiger partial charge on any atom is 0.332 e. The molecule has 1 aliphatic heterocycles. The first kappa shape index (κ1) is 20.3. The fourth-order valence-corrected chi connectivity index (χ4v) is 4.61. The molecule has 0 unspecified atom stereocenters. The van der Waals surface area contributed by atoms with Crippen LogP contribution in [0, 0.1) is 27.7 Å². The maximum atomic E-state index is 13.6. The summed E-state index contributed by atoms with van der Waals surface area (Å²) in [6.07, 6.45) is 0. The van der Waals surface area contributed by atoms with Crippen LogP contribution >= 0.6 is 0 Å². The Bertz CT molecular complexity index is 1510. The van der Waals surface area contributed by atoms with Gasteiger partial charge in [0.15, 0.2) is 11.2 Å². The summed E-state index contributed by atoms with van der Waals surface area (Å²) in [6.45, 7) is 9.84. The van der Waals surface area contributed by atoms with Crippen molar-refractivity contribution in [1.29, 1.82) is 0 Å². The van der Waals surface area contributed by atoms with Crippen LogP contribution in [-0.4, -0.2) is 25.2 Å². The third kappa shape index (κ3) is 2.92. The molecule has 0 saturated heterocycles. The van der Waals surface area contributed by atoms with Crippen molar-refractivity contribution in [2.75, 3.05) is 11.4 Å². The molecule has 4 aromatic rings. The summed E-state index contributed by atoms with van der Waals surface area (Å²) in [7, 11) is 1.69. The summed E-state index contributed by atoms with van der Waals surface area (Å²) in [6, 6.07) is 12.3. The molecule has 5 rings (SSSR count). The van der Waals surface area contributed by atoms with Gasteiger partial charge in [0.05, 0.1) is 6.54 Å². The van der Waals surface area contributed by atoms with Crippen molar-refractivity contribution in [3.63, 3.8) is 0 Å². The minimum Gasteiger partial charge on any atom is -0.310 e. The highest BCUT2D eigenvalue weighted by atomic mass is 16.2. The number of imidazole rings is 1. The largest absolute Gasteiger partial charge is 0.332 e. The number of aryl methyl sites for hydroxylation is 4. The van der Waals surface area contributed by atoms with E-state index in [-0.39, 0.29) is 17.8 Å². The topological polar surface area (TPSA) is 65.1 Å². The maximum absolute atomic E-state index is 13.6. The van der Waals surface area contributed by atoms with Crippen LogP contribution in [0.5, 0.6) is 0 Å². The van der Waals surface area contributed by atoms with E-state index in [4.69, 9.17) is 4.98 Å². The van der Waals surface area contributed by atoms with Crippen LogP contribution in [0.1, 0.15) is 27.8 Å². The Morgan fingerprint density at radius 3 is 2.53 bits per heavy atom. The second-order valence-electron chi connectivity index (χ2n) is 8.77. The Morgan fingerprint density at radius 1 is 0.969 bits per heavy atom. The Labute approximate surface area is 186 Å². The van der Waals surface area contributed by atoms with E-state index < -0.39 is 0 Å². The molecule has 0 saturated carbocycles. The van der Waals surface area contributed by atoms with E-state index in [0.29, 0.717) is 23.7 Å². The van der Waals surface area contributed by atoms with Crippen molar-refractivity contribution in [2.45, 2.75) is 40.8 Å². The highest BCUT2D eigenvalue weighted by Gasteiger charge is 2.29. The molecule has 1 aliphatic rings. The lowest BCUT2D eigenvalue weighted by atomic mass is 10.1. The average molecular weight is 430 g/mol. The van der Waals surface area contributed by atoms with E-state index in [2.05, 4.69) is 30.9 Å². The summed E-state index contributed by atoms with van der Waals surface area (Å²) in [5, 5.41) is 0. The predicted octanol–water partition coefficient (Wildman–Crippen LogP) is 3.33. The summed E-state index contributed by atoms with van der Waals surface area (Å²) in [5.74, 6) is 0.713. The van der Waals surface area contributed by atoms with Gasteiger partial charge in [-0.2, -0.15) is 4.98 Å². The Balaban J connectivity index is 1.70. The van der Waals surface area contributed by atoms with E-state index in [0.717, 1.165) is 28.9 Å². The normalized spacial score (nSPS) is 13.2. The Morgan fingerprint density at radius 2 is 1.75 bits per heavy atom. The summed E-state index contributed by atoms with van der Waals surface area (Å²) < 4.78 is 4.78. The third-order valence-corrected chi connectivity index (χ3v) is 6.70. The zero-order valence-electron chi connectivity index (χ0n) is 19.1. The van der Waals surface area contributed by atoms with E-state index in [1.54, 1.807) is 7.05 Å². The van der Waals surface area contributed by atoms with E-state index >= 15 is 0 Å². The van der Waals surface area contributed by atoms with Gasteiger partial charge in [-0.1, -0.05) is 35.9 Å². The van der Waals surface area contributed by atoms with Crippen molar-refractivity contribution in [1.82, 2.24) is 18.7 Å². The number of rotatable bonds is 3. The van der Waals surface area contributed by atoms with Crippen LogP contribution in [0.2, 0.25) is 0 Å². The first-order valence-electron chi connectivity index (χ1n) is 10.9. The van der Waals surface area contributed by atoms with Crippen LogP contribution in [0.25, 0.3) is 11.2 Å². The summed E-state index contributed by atoms with van der Waals surface area (Å²) >= 11 is 0. The molecule has 0 N–H and O–H groups in total. The Kier molecular flexibility index (Phi) is 4.58. The fourth-order valence-electron chi connectivity index (χ4n) is 4.61. The minimum absolute atomic E-state index is 0.246. The number of hydrogen-bond acceptors (Lipinski definition) is 4. The predicted molar refractivity (Wildman–Crippen MR) is 127 cm³/mol. The molecule has 0 atom stereocenters. The first-order chi connectivity index (χ1) is 15.3. The summed E-state index contributed by atoms with van der Waals surface area (Å²) in [5.41, 5.74) is 6.90. The fraction of sp³-hybridized carbons (Fsp3) is 0.320. The van der Waals surface area contributed by atoms with Gasteiger partial charge in [0.1, 0.15) is 0 Å². The molecular weight excluding hydrogens is 402 g/mol. The summed E-state index contributed by atoms with van der Waals surface area (Å²) in [4.78, 5) is 33.6. The molecule has 0 bridgehead atoms. The van der Waals surface area contributed by atoms with Gasteiger partial charge in [0.25, 0.3) is 5.56 Å². The number of aromatic nitrogens is 4. The number of hydrogen-bond donors (Lipinski definition) is 0. The molecule has 7 nitrogen and oxygen atoms in total.